The molecular formula is C15H14N8. The Balaban J connectivity index is 1.58. The fourth-order valence-corrected chi connectivity index (χ4v) is 2.97. The van der Waals surface area contributed by atoms with Crippen molar-refractivity contribution in [1.29, 1.82) is 0 Å². The van der Waals surface area contributed by atoms with Gasteiger partial charge in [-0.15, -0.1) is 0 Å². The van der Waals surface area contributed by atoms with Crippen molar-refractivity contribution < 1.29 is 0 Å². The number of aromatic amines is 1. The zero-order valence-corrected chi connectivity index (χ0v) is 12.4. The van der Waals surface area contributed by atoms with Crippen LogP contribution in [0.15, 0.2) is 30.6 Å². The van der Waals surface area contributed by atoms with E-state index < -0.39 is 5.66 Å². The van der Waals surface area contributed by atoms with Crippen LogP contribution in [0.25, 0.3) is 23.4 Å². The predicted molar refractivity (Wildman–Crippen MR) is 86.5 cm³/mol. The van der Waals surface area contributed by atoms with Gasteiger partial charge in [-0.1, -0.05) is 0 Å². The van der Waals surface area contributed by atoms with E-state index in [2.05, 4.69) is 25.5 Å². The number of nitrogens with two attached hydrogens (primary N) is 1. The highest BCUT2D eigenvalue weighted by Crippen LogP contribution is 2.18. The SMILES string of the molecule is Cc1cc2nc(NC3(N)C=Cc4nc5ccnn5c4=C3)cn2[nH]1. The van der Waals surface area contributed by atoms with Gasteiger partial charge in [-0.25, -0.2) is 19.0 Å². The number of hydrogen-bond donors (Lipinski definition) is 3. The fourth-order valence-electron chi connectivity index (χ4n) is 2.97. The lowest BCUT2D eigenvalue weighted by Gasteiger charge is -2.25. The van der Waals surface area contributed by atoms with E-state index in [0.717, 1.165) is 28.0 Å². The Morgan fingerprint density at radius 2 is 2.22 bits per heavy atom. The molecule has 1 atom stereocenters. The summed E-state index contributed by atoms with van der Waals surface area (Å²) in [6.45, 7) is 1.99. The molecule has 0 aliphatic heterocycles. The highest BCUT2D eigenvalue weighted by molar-refractivity contribution is 5.66. The first-order valence-electron chi connectivity index (χ1n) is 7.27. The van der Waals surface area contributed by atoms with E-state index in [4.69, 9.17) is 5.73 Å². The summed E-state index contributed by atoms with van der Waals surface area (Å²) in [5, 5.41) is 11.6. The number of nitrogens with one attached hydrogen (secondary N) is 2. The van der Waals surface area contributed by atoms with Crippen molar-refractivity contribution in [1.82, 2.24) is 29.2 Å². The van der Waals surface area contributed by atoms with Gasteiger partial charge in [0.25, 0.3) is 0 Å². The van der Waals surface area contributed by atoms with Gasteiger partial charge in [0.05, 0.1) is 23.4 Å². The van der Waals surface area contributed by atoms with Crippen LogP contribution in [0.5, 0.6) is 0 Å². The smallest absolute Gasteiger partial charge is 0.156 e. The van der Waals surface area contributed by atoms with E-state index in [1.807, 2.05) is 48.0 Å². The molecule has 8 heteroatoms. The summed E-state index contributed by atoms with van der Waals surface area (Å²) in [4.78, 5) is 9.01. The maximum absolute atomic E-state index is 6.46. The number of nitrogens with zero attached hydrogens (tertiary/aromatic N) is 5. The average molecular weight is 306 g/mol. The van der Waals surface area contributed by atoms with Crippen LogP contribution >= 0.6 is 0 Å². The molecule has 5 rings (SSSR count). The number of aromatic nitrogens is 6. The van der Waals surface area contributed by atoms with Gasteiger partial charge in [-0.3, -0.25) is 5.10 Å². The zero-order chi connectivity index (χ0) is 15.6. The first-order valence-corrected chi connectivity index (χ1v) is 7.27. The Kier molecular flexibility index (Phi) is 2.15. The number of hydrogen-bond acceptors (Lipinski definition) is 5. The average Bonchev–Trinajstić information content (AvgIpc) is 3.19. The van der Waals surface area contributed by atoms with Crippen LogP contribution in [0.3, 0.4) is 0 Å². The van der Waals surface area contributed by atoms with E-state index in [9.17, 15) is 0 Å². The molecule has 0 amide bonds. The Morgan fingerprint density at radius 1 is 1.30 bits per heavy atom. The zero-order valence-electron chi connectivity index (χ0n) is 12.4. The maximum Gasteiger partial charge on any atom is 0.156 e. The van der Waals surface area contributed by atoms with Gasteiger partial charge in [0.1, 0.15) is 11.5 Å². The summed E-state index contributed by atoms with van der Waals surface area (Å²) in [6, 6.07) is 3.84. The summed E-state index contributed by atoms with van der Waals surface area (Å²) >= 11 is 0. The van der Waals surface area contributed by atoms with E-state index in [1.54, 1.807) is 10.7 Å². The molecule has 0 fully saturated rings. The molecule has 4 N–H and O–H groups in total. The predicted octanol–water partition coefficient (Wildman–Crippen LogP) is 0.307. The Bertz CT molecular complexity index is 1100. The van der Waals surface area contributed by atoms with Crippen LogP contribution in [0.4, 0.5) is 5.82 Å². The minimum Gasteiger partial charge on any atom is -0.344 e. The molecule has 0 aromatic carbocycles. The third-order valence-corrected chi connectivity index (χ3v) is 3.96. The topological polar surface area (TPSA) is 101 Å². The lowest BCUT2D eigenvalue weighted by molar-refractivity contribution is 0.779. The molecular weight excluding hydrogens is 292 g/mol. The molecule has 0 saturated carbocycles. The molecule has 1 unspecified atom stereocenters. The van der Waals surface area contributed by atoms with Crippen molar-refractivity contribution in [2.24, 2.45) is 5.73 Å². The summed E-state index contributed by atoms with van der Waals surface area (Å²) in [6.07, 6.45) is 9.29. The van der Waals surface area contributed by atoms with Crippen LogP contribution in [0.2, 0.25) is 0 Å². The van der Waals surface area contributed by atoms with Gasteiger partial charge in [0.2, 0.25) is 0 Å². The molecule has 23 heavy (non-hydrogen) atoms. The van der Waals surface area contributed by atoms with Crippen molar-refractivity contribution in [3.05, 3.63) is 47.3 Å². The van der Waals surface area contributed by atoms with E-state index >= 15 is 0 Å². The molecule has 0 bridgehead atoms. The lowest BCUT2D eigenvalue weighted by Crippen LogP contribution is -2.47. The molecule has 1 aliphatic carbocycles. The quantitative estimate of drug-likeness (QED) is 0.463. The van der Waals surface area contributed by atoms with Crippen LogP contribution in [0, 0.1) is 6.92 Å². The standard InChI is InChI=1S/C15H14N8/c1-9-6-14-19-12(8-22(14)21-9)20-15(16)4-2-10-11(7-15)23-13(18-10)3-5-17-23/h2-8,20-21H,16H2,1H3. The minimum absolute atomic E-state index is 0.694. The van der Waals surface area contributed by atoms with Crippen molar-refractivity contribution in [3.63, 3.8) is 0 Å². The molecule has 4 heterocycles. The number of H-pyrrole nitrogens is 1. The molecule has 0 radical (unpaired) electrons. The number of imidazole rings is 2. The second-order valence-electron chi connectivity index (χ2n) is 5.81. The highest BCUT2D eigenvalue weighted by atomic mass is 15.3. The van der Waals surface area contributed by atoms with Gasteiger partial charge >= 0.3 is 0 Å². The number of rotatable bonds is 2. The highest BCUT2D eigenvalue weighted by Gasteiger charge is 2.24. The van der Waals surface area contributed by atoms with Crippen molar-refractivity contribution in [2.45, 2.75) is 12.6 Å². The third kappa shape index (κ3) is 1.78. The lowest BCUT2D eigenvalue weighted by atomic mass is 10.1. The summed E-state index contributed by atoms with van der Waals surface area (Å²) < 4.78 is 3.64. The second kappa shape index (κ2) is 3.99. The molecule has 0 saturated heterocycles. The maximum atomic E-state index is 6.46. The molecule has 4 aromatic heterocycles. The molecule has 8 nitrogen and oxygen atoms in total. The van der Waals surface area contributed by atoms with Gasteiger partial charge in [-0.2, -0.15) is 5.10 Å². The Labute approximate surface area is 130 Å². The monoisotopic (exact) mass is 306 g/mol. The normalized spacial score (nSPS) is 20.1. The number of anilines is 1. The second-order valence-corrected chi connectivity index (χ2v) is 5.81. The number of aryl methyl sites for hydroxylation is 1. The van der Waals surface area contributed by atoms with Crippen LogP contribution < -0.4 is 16.4 Å². The van der Waals surface area contributed by atoms with E-state index in [-0.39, 0.29) is 0 Å². The van der Waals surface area contributed by atoms with Gasteiger partial charge in [0.15, 0.2) is 11.3 Å². The Morgan fingerprint density at radius 3 is 3.09 bits per heavy atom. The van der Waals surface area contributed by atoms with Crippen LogP contribution in [0.1, 0.15) is 11.4 Å². The van der Waals surface area contributed by atoms with Crippen LogP contribution in [-0.4, -0.2) is 34.9 Å². The van der Waals surface area contributed by atoms with Gasteiger partial charge in [0, 0.05) is 17.8 Å². The van der Waals surface area contributed by atoms with E-state index in [0.29, 0.717) is 5.82 Å². The summed E-state index contributed by atoms with van der Waals surface area (Å²) in [7, 11) is 0. The van der Waals surface area contributed by atoms with Crippen molar-refractivity contribution >= 4 is 29.3 Å². The summed E-state index contributed by atoms with van der Waals surface area (Å²) in [5.74, 6) is 0.694. The molecule has 0 spiro atoms. The van der Waals surface area contributed by atoms with Gasteiger partial charge in [-0.05, 0) is 25.2 Å². The first kappa shape index (κ1) is 12.4. The van der Waals surface area contributed by atoms with Crippen LogP contribution in [-0.2, 0) is 0 Å². The third-order valence-electron chi connectivity index (χ3n) is 3.96. The minimum atomic E-state index is -0.851. The van der Waals surface area contributed by atoms with Gasteiger partial charge < -0.3 is 11.1 Å². The van der Waals surface area contributed by atoms with Crippen molar-refractivity contribution in [3.8, 4) is 0 Å². The Hall–Kier alpha value is -3.13. The van der Waals surface area contributed by atoms with E-state index in [1.165, 1.54) is 0 Å². The molecule has 1 aliphatic rings. The number of fused-ring (bicyclic) bond motifs is 4. The fraction of sp³-hybridized carbons (Fsp3) is 0.133. The van der Waals surface area contributed by atoms with Crippen molar-refractivity contribution in [2.75, 3.05) is 5.32 Å². The largest absolute Gasteiger partial charge is 0.344 e. The summed E-state index contributed by atoms with van der Waals surface area (Å²) in [5.41, 5.74) is 9.19. The molecule has 4 aromatic rings. The first-order chi connectivity index (χ1) is 11.1. The molecule has 114 valence electrons.